The number of ether oxygens (including phenoxy) is 1. The maximum absolute atomic E-state index is 5.79. The monoisotopic (exact) mass is 504 g/mol. The summed E-state index contributed by atoms with van der Waals surface area (Å²) in [6.45, 7) is 13.6. The lowest BCUT2D eigenvalue weighted by Crippen LogP contribution is -2.25. The topological polar surface area (TPSA) is 15.7 Å². The molecule has 204 valence electrons. The first-order valence-electron chi connectivity index (χ1n) is 14.7. The third kappa shape index (κ3) is 11.2. The molecule has 0 aliphatic heterocycles. The van der Waals surface area contributed by atoms with Crippen LogP contribution < -0.4 is 9.80 Å². The Kier molecular flexibility index (Phi) is 15.5. The second-order valence-electron chi connectivity index (χ2n) is 9.97. The molecule has 3 heteroatoms. The van der Waals surface area contributed by atoms with Crippen molar-refractivity contribution in [3.8, 4) is 0 Å². The molecule has 37 heavy (non-hydrogen) atoms. The van der Waals surface area contributed by atoms with E-state index in [2.05, 4.69) is 110 Å². The lowest BCUT2D eigenvalue weighted by Gasteiger charge is -2.25. The van der Waals surface area contributed by atoms with Crippen LogP contribution in [0.15, 0.2) is 66.8 Å². The van der Waals surface area contributed by atoms with E-state index < -0.39 is 0 Å². The van der Waals surface area contributed by atoms with Crippen LogP contribution in [0.5, 0.6) is 0 Å². The summed E-state index contributed by atoms with van der Waals surface area (Å²) in [6.07, 6.45) is 18.3. The molecule has 0 radical (unpaired) electrons. The highest BCUT2D eigenvalue weighted by Gasteiger charge is 2.09. The van der Waals surface area contributed by atoms with Crippen LogP contribution in [0.1, 0.15) is 96.3 Å². The molecule has 0 saturated carbocycles. The maximum atomic E-state index is 5.79. The van der Waals surface area contributed by atoms with E-state index in [4.69, 9.17) is 4.74 Å². The van der Waals surface area contributed by atoms with Gasteiger partial charge in [0.15, 0.2) is 0 Å². The normalized spacial score (nSPS) is 12.5. The summed E-state index contributed by atoms with van der Waals surface area (Å²) in [5.74, 6) is 0. The van der Waals surface area contributed by atoms with Crippen molar-refractivity contribution in [2.75, 3.05) is 43.1 Å². The van der Waals surface area contributed by atoms with Crippen LogP contribution in [0, 0.1) is 0 Å². The lowest BCUT2D eigenvalue weighted by molar-refractivity contribution is 0.143. The van der Waals surface area contributed by atoms with E-state index in [9.17, 15) is 0 Å². The summed E-state index contributed by atoms with van der Waals surface area (Å²) >= 11 is 0. The third-order valence-electron chi connectivity index (χ3n) is 6.91. The van der Waals surface area contributed by atoms with Crippen molar-refractivity contribution in [1.82, 2.24) is 0 Å². The van der Waals surface area contributed by atoms with Gasteiger partial charge in [0.25, 0.3) is 0 Å². The van der Waals surface area contributed by atoms with Gasteiger partial charge in [-0.2, -0.15) is 0 Å². The van der Waals surface area contributed by atoms with Gasteiger partial charge in [0.1, 0.15) is 6.10 Å². The zero-order valence-electron chi connectivity index (χ0n) is 24.3. The quantitative estimate of drug-likeness (QED) is 0.177. The van der Waals surface area contributed by atoms with Crippen LogP contribution >= 0.6 is 0 Å². The minimum Gasteiger partial charge on any atom is -0.373 e. The molecule has 0 aliphatic carbocycles. The van der Waals surface area contributed by atoms with Gasteiger partial charge < -0.3 is 14.5 Å². The van der Waals surface area contributed by atoms with Crippen molar-refractivity contribution in [3.05, 3.63) is 77.9 Å². The Morgan fingerprint density at radius 3 is 1.46 bits per heavy atom. The summed E-state index contributed by atoms with van der Waals surface area (Å²) in [6, 6.07) is 17.9. The lowest BCUT2D eigenvalue weighted by atomic mass is 10.1. The predicted octanol–water partition coefficient (Wildman–Crippen LogP) is 9.46. The Morgan fingerprint density at radius 2 is 1.05 bits per heavy atom. The Bertz CT molecular complexity index is 869. The number of unbranched alkanes of at least 4 members (excludes halogenated alkanes) is 4. The Balaban J connectivity index is 1.99. The summed E-state index contributed by atoms with van der Waals surface area (Å²) in [5.41, 5.74) is 5.05. The zero-order chi connectivity index (χ0) is 26.7. The van der Waals surface area contributed by atoms with Crippen LogP contribution in [-0.4, -0.2) is 33.3 Å². The van der Waals surface area contributed by atoms with Crippen molar-refractivity contribution in [2.45, 2.75) is 85.2 Å². The largest absolute Gasteiger partial charge is 0.373 e. The summed E-state index contributed by atoms with van der Waals surface area (Å²) in [4.78, 5) is 5.05. The van der Waals surface area contributed by atoms with Gasteiger partial charge in [-0.25, -0.2) is 0 Å². The van der Waals surface area contributed by atoms with Gasteiger partial charge in [-0.3, -0.25) is 0 Å². The number of methoxy groups -OCH3 is 1. The Labute approximate surface area is 228 Å². The van der Waals surface area contributed by atoms with Crippen molar-refractivity contribution >= 4 is 17.5 Å². The van der Waals surface area contributed by atoms with Crippen molar-refractivity contribution in [3.63, 3.8) is 0 Å². The fourth-order valence-electron chi connectivity index (χ4n) is 4.46. The van der Waals surface area contributed by atoms with Crippen molar-refractivity contribution in [2.24, 2.45) is 0 Å². The molecule has 0 heterocycles. The number of hydrogen-bond donors (Lipinski definition) is 0. The predicted molar refractivity (Wildman–Crippen MR) is 165 cm³/mol. The van der Waals surface area contributed by atoms with Gasteiger partial charge in [-0.15, -0.1) is 0 Å². The third-order valence-corrected chi connectivity index (χ3v) is 6.91. The first-order chi connectivity index (χ1) is 18.2. The molecule has 0 saturated heterocycles. The molecule has 0 aliphatic rings. The van der Waals surface area contributed by atoms with Gasteiger partial charge in [-0.05, 0) is 61.1 Å². The molecule has 0 N–H and O–H groups in total. The number of anilines is 2. The first-order valence-corrected chi connectivity index (χ1v) is 14.7. The van der Waals surface area contributed by atoms with Crippen LogP contribution in [0.25, 0.3) is 6.08 Å². The fraction of sp³-hybridized carbons (Fsp3) is 0.529. The van der Waals surface area contributed by atoms with Gasteiger partial charge in [0.2, 0.25) is 0 Å². The molecule has 3 nitrogen and oxygen atoms in total. The van der Waals surface area contributed by atoms with E-state index in [1.807, 2.05) is 0 Å². The van der Waals surface area contributed by atoms with E-state index >= 15 is 0 Å². The highest BCUT2D eigenvalue weighted by molar-refractivity contribution is 5.57. The molecule has 2 aromatic rings. The van der Waals surface area contributed by atoms with Crippen molar-refractivity contribution < 1.29 is 4.74 Å². The second kappa shape index (κ2) is 18.7. The number of nitrogens with zero attached hydrogens (tertiary/aromatic N) is 2. The number of benzene rings is 2. The van der Waals surface area contributed by atoms with Crippen LogP contribution in [0.4, 0.5) is 11.4 Å². The molecule has 0 aromatic heterocycles. The van der Waals surface area contributed by atoms with E-state index in [1.54, 1.807) is 7.11 Å². The first kappa shape index (κ1) is 30.7. The molecule has 0 fully saturated rings. The van der Waals surface area contributed by atoms with Crippen LogP contribution in [-0.2, 0) is 4.74 Å². The van der Waals surface area contributed by atoms with Gasteiger partial charge in [0.05, 0.1) is 0 Å². The average molecular weight is 505 g/mol. The maximum Gasteiger partial charge on any atom is 0.101 e. The smallest absolute Gasteiger partial charge is 0.101 e. The molecular formula is C34H52N2O. The van der Waals surface area contributed by atoms with Gasteiger partial charge in [0, 0.05) is 44.7 Å². The SMILES string of the molecule is CCCCN(CCCC)c1ccc(C=CC=CC(OC)c2ccc(N(CCCC)CCCC)cc2)cc1. The minimum absolute atomic E-state index is 0.0495. The van der Waals surface area contributed by atoms with E-state index in [0.29, 0.717) is 0 Å². The summed E-state index contributed by atoms with van der Waals surface area (Å²) in [5, 5.41) is 0. The highest BCUT2D eigenvalue weighted by Crippen LogP contribution is 2.23. The molecule has 1 atom stereocenters. The highest BCUT2D eigenvalue weighted by atomic mass is 16.5. The Hall–Kier alpha value is -2.52. The van der Waals surface area contributed by atoms with Gasteiger partial charge >= 0.3 is 0 Å². The second-order valence-corrected chi connectivity index (χ2v) is 9.97. The minimum atomic E-state index is -0.0495. The van der Waals surface area contributed by atoms with Crippen LogP contribution in [0.3, 0.4) is 0 Å². The summed E-state index contributed by atoms with van der Waals surface area (Å²) < 4.78 is 5.79. The average Bonchev–Trinajstić information content (AvgIpc) is 2.94. The van der Waals surface area contributed by atoms with Gasteiger partial charge in [-0.1, -0.05) is 102 Å². The molecule has 0 amide bonds. The standard InChI is InChI=1S/C34H52N2O/c1-6-10-26-35(27-11-7-2)32-22-18-30(19-23-32)16-14-15-17-34(37-5)31-20-24-33(25-21-31)36(28-12-8-3)29-13-9-4/h14-25,34H,6-13,26-29H2,1-5H3. The number of rotatable bonds is 19. The molecular weight excluding hydrogens is 452 g/mol. The Morgan fingerprint density at radius 1 is 0.622 bits per heavy atom. The van der Waals surface area contributed by atoms with E-state index in [0.717, 1.165) is 26.2 Å². The zero-order valence-corrected chi connectivity index (χ0v) is 24.3. The summed E-state index contributed by atoms with van der Waals surface area (Å²) in [7, 11) is 1.78. The fourth-order valence-corrected chi connectivity index (χ4v) is 4.46. The molecule has 2 rings (SSSR count). The number of hydrogen-bond acceptors (Lipinski definition) is 3. The van der Waals surface area contributed by atoms with Crippen molar-refractivity contribution in [1.29, 1.82) is 0 Å². The molecule has 0 spiro atoms. The number of allylic oxidation sites excluding steroid dienone is 2. The van der Waals surface area contributed by atoms with E-state index in [-0.39, 0.29) is 6.10 Å². The molecule has 2 aromatic carbocycles. The van der Waals surface area contributed by atoms with Crippen LogP contribution in [0.2, 0.25) is 0 Å². The van der Waals surface area contributed by atoms with E-state index in [1.165, 1.54) is 73.9 Å². The molecule has 1 unspecified atom stereocenters. The molecule has 0 bridgehead atoms.